The highest BCUT2D eigenvalue weighted by atomic mass is 32.2. The first-order valence-electron chi connectivity index (χ1n) is 11.3. The molecule has 1 aromatic heterocycles. The van der Waals surface area contributed by atoms with Gasteiger partial charge in [-0.25, -0.2) is 4.68 Å². The third-order valence-corrected chi connectivity index (χ3v) is 6.29. The average Bonchev–Trinajstić information content (AvgIpc) is 3.18. The third-order valence-electron chi connectivity index (χ3n) is 5.35. The smallest absolute Gasteiger partial charge is 0.230 e. The second-order valence-electron chi connectivity index (χ2n) is 9.08. The molecule has 2 aromatic carbocycles. The number of rotatable bonds is 11. The van der Waals surface area contributed by atoms with E-state index in [1.54, 1.807) is 0 Å². The summed E-state index contributed by atoms with van der Waals surface area (Å²) in [6, 6.07) is 18.2. The lowest BCUT2D eigenvalue weighted by molar-refractivity contribution is -0.118. The normalized spacial score (nSPS) is 11.3. The van der Waals surface area contributed by atoms with E-state index >= 15 is 0 Å². The zero-order chi connectivity index (χ0) is 24.6. The molecule has 3 rings (SSSR count). The third kappa shape index (κ3) is 7.41. The molecule has 9 heteroatoms. The second kappa shape index (κ2) is 11.8. The van der Waals surface area contributed by atoms with Crippen molar-refractivity contribution < 1.29 is 9.53 Å². The predicted octanol–water partition coefficient (Wildman–Crippen LogP) is 3.60. The highest BCUT2D eigenvalue weighted by molar-refractivity contribution is 7.99. The van der Waals surface area contributed by atoms with Crippen LogP contribution in [-0.2, 0) is 16.8 Å². The van der Waals surface area contributed by atoms with Gasteiger partial charge in [0, 0.05) is 25.8 Å². The highest BCUT2D eigenvalue weighted by Gasteiger charge is 2.15. The summed E-state index contributed by atoms with van der Waals surface area (Å²) >= 11 is 1.25. The van der Waals surface area contributed by atoms with Crippen molar-refractivity contribution in [2.24, 2.45) is 0 Å². The van der Waals surface area contributed by atoms with Crippen LogP contribution in [0.4, 0.5) is 5.69 Å². The van der Waals surface area contributed by atoms with E-state index in [1.165, 1.54) is 22.0 Å². The molecule has 3 aromatic rings. The molecule has 1 heterocycles. The van der Waals surface area contributed by atoms with Gasteiger partial charge in [0.1, 0.15) is 12.4 Å². The lowest BCUT2D eigenvalue weighted by Crippen LogP contribution is -2.29. The van der Waals surface area contributed by atoms with Gasteiger partial charge in [-0.05, 0) is 41.7 Å². The molecule has 8 nitrogen and oxygen atoms in total. The Hall–Kier alpha value is -3.20. The molecule has 0 unspecified atom stereocenters. The minimum absolute atomic E-state index is 0.0629. The summed E-state index contributed by atoms with van der Waals surface area (Å²) in [5.74, 6) is 7.49. The van der Waals surface area contributed by atoms with Gasteiger partial charge in [0.05, 0.1) is 5.75 Å². The standard InChI is InChI=1S/C25H34N6O2S/c1-25(2,3)19-11-13-21(14-12-19)33-17-22-28-29-24(31(22)26)34-18-23(32)27-15-8-16-30(4)20-9-6-5-7-10-20/h5-7,9-14H,8,15-18,26H2,1-4H3,(H,27,32). The number of nitrogens with two attached hydrogens (primary N) is 1. The molecule has 0 bridgehead atoms. The van der Waals surface area contributed by atoms with Crippen LogP contribution in [0.5, 0.6) is 5.75 Å². The van der Waals surface area contributed by atoms with Gasteiger partial charge < -0.3 is 20.8 Å². The molecular weight excluding hydrogens is 448 g/mol. The summed E-state index contributed by atoms with van der Waals surface area (Å²) in [6.45, 7) is 8.17. The molecule has 34 heavy (non-hydrogen) atoms. The molecule has 0 spiro atoms. The maximum Gasteiger partial charge on any atom is 0.230 e. The molecule has 0 aliphatic heterocycles. The van der Waals surface area contributed by atoms with E-state index in [9.17, 15) is 4.79 Å². The zero-order valence-electron chi connectivity index (χ0n) is 20.3. The van der Waals surface area contributed by atoms with Crippen LogP contribution in [0.2, 0.25) is 0 Å². The molecule has 182 valence electrons. The number of benzene rings is 2. The maximum atomic E-state index is 12.2. The molecular formula is C25H34N6O2S. The largest absolute Gasteiger partial charge is 0.486 e. The molecule has 0 aliphatic rings. The highest BCUT2D eigenvalue weighted by Crippen LogP contribution is 2.24. The number of hydrogen-bond donors (Lipinski definition) is 2. The Kier molecular flexibility index (Phi) is 8.81. The number of anilines is 1. The quantitative estimate of drug-likeness (QED) is 0.245. The van der Waals surface area contributed by atoms with Crippen LogP contribution < -0.4 is 20.8 Å². The first-order chi connectivity index (χ1) is 16.2. The van der Waals surface area contributed by atoms with Crippen LogP contribution in [-0.4, -0.2) is 46.7 Å². The molecule has 0 atom stereocenters. The number of ether oxygens (including phenoxy) is 1. The number of hydrogen-bond acceptors (Lipinski definition) is 7. The van der Waals surface area contributed by atoms with Crippen molar-refractivity contribution in [3.8, 4) is 5.75 Å². The average molecular weight is 483 g/mol. The Balaban J connectivity index is 1.38. The molecule has 1 amide bonds. The second-order valence-corrected chi connectivity index (χ2v) is 10.0. The van der Waals surface area contributed by atoms with E-state index in [2.05, 4.69) is 65.5 Å². The molecule has 0 saturated heterocycles. The number of nitrogen functional groups attached to an aromatic ring is 1. The van der Waals surface area contributed by atoms with Crippen molar-refractivity contribution in [1.82, 2.24) is 20.2 Å². The van der Waals surface area contributed by atoms with Gasteiger partial charge >= 0.3 is 0 Å². The van der Waals surface area contributed by atoms with Gasteiger partial charge in [-0.1, -0.05) is 62.9 Å². The van der Waals surface area contributed by atoms with Crippen molar-refractivity contribution in [2.45, 2.75) is 44.4 Å². The topological polar surface area (TPSA) is 98.3 Å². The SMILES string of the molecule is CN(CCCNC(=O)CSc1nnc(COc2ccc(C(C)(C)C)cc2)n1N)c1ccccc1. The van der Waals surface area contributed by atoms with E-state index in [0.717, 1.165) is 24.4 Å². The van der Waals surface area contributed by atoms with Gasteiger partial charge in [0.2, 0.25) is 11.1 Å². The van der Waals surface area contributed by atoms with Crippen LogP contribution >= 0.6 is 11.8 Å². The Morgan fingerprint density at radius 2 is 1.82 bits per heavy atom. The lowest BCUT2D eigenvalue weighted by Gasteiger charge is -2.19. The molecule has 0 saturated carbocycles. The van der Waals surface area contributed by atoms with Crippen molar-refractivity contribution in [3.63, 3.8) is 0 Å². The molecule has 0 fully saturated rings. The summed E-state index contributed by atoms with van der Waals surface area (Å²) in [5.41, 5.74) is 2.49. The summed E-state index contributed by atoms with van der Waals surface area (Å²) in [4.78, 5) is 14.4. The minimum atomic E-state index is -0.0629. The fourth-order valence-corrected chi connectivity index (χ4v) is 3.95. The maximum absolute atomic E-state index is 12.2. The van der Waals surface area contributed by atoms with Gasteiger partial charge in [-0.3, -0.25) is 4.79 Å². The van der Waals surface area contributed by atoms with E-state index in [0.29, 0.717) is 17.5 Å². The van der Waals surface area contributed by atoms with Gasteiger partial charge in [0.15, 0.2) is 5.82 Å². The Labute approximate surface area is 205 Å². The van der Waals surface area contributed by atoms with E-state index in [1.807, 2.05) is 37.4 Å². The zero-order valence-corrected chi connectivity index (χ0v) is 21.1. The number of carbonyl (C=O) groups excluding carboxylic acids is 1. The van der Waals surface area contributed by atoms with Crippen LogP contribution in [0.15, 0.2) is 59.8 Å². The number of para-hydroxylation sites is 1. The lowest BCUT2D eigenvalue weighted by atomic mass is 9.87. The summed E-state index contributed by atoms with van der Waals surface area (Å²) < 4.78 is 7.17. The van der Waals surface area contributed by atoms with E-state index in [-0.39, 0.29) is 23.7 Å². The van der Waals surface area contributed by atoms with E-state index in [4.69, 9.17) is 10.6 Å². The first kappa shape index (κ1) is 25.4. The summed E-state index contributed by atoms with van der Waals surface area (Å²) in [6.07, 6.45) is 0.854. The predicted molar refractivity (Wildman–Crippen MR) is 138 cm³/mol. The number of amides is 1. The molecule has 0 aliphatic carbocycles. The Morgan fingerprint density at radius 1 is 1.12 bits per heavy atom. The summed E-state index contributed by atoms with van der Waals surface area (Å²) in [5, 5.41) is 11.6. The van der Waals surface area contributed by atoms with E-state index < -0.39 is 0 Å². The number of nitrogens with one attached hydrogen (secondary N) is 1. The number of aromatic nitrogens is 3. The van der Waals surface area contributed by atoms with Crippen LogP contribution in [0.1, 0.15) is 38.6 Å². The fraction of sp³-hybridized carbons (Fsp3) is 0.400. The van der Waals surface area contributed by atoms with Crippen molar-refractivity contribution >= 4 is 23.4 Å². The molecule has 3 N–H and O–H groups in total. The minimum Gasteiger partial charge on any atom is -0.486 e. The first-order valence-corrected chi connectivity index (χ1v) is 12.3. The monoisotopic (exact) mass is 482 g/mol. The van der Waals surface area contributed by atoms with Crippen LogP contribution in [0, 0.1) is 0 Å². The Morgan fingerprint density at radius 3 is 2.50 bits per heavy atom. The van der Waals surface area contributed by atoms with Crippen molar-refractivity contribution in [3.05, 3.63) is 66.0 Å². The van der Waals surface area contributed by atoms with Crippen LogP contribution in [0.25, 0.3) is 0 Å². The number of carbonyl (C=O) groups is 1. The Bertz CT molecular complexity index is 1050. The van der Waals surface area contributed by atoms with Crippen molar-refractivity contribution in [2.75, 3.05) is 36.6 Å². The van der Waals surface area contributed by atoms with Crippen LogP contribution in [0.3, 0.4) is 0 Å². The van der Waals surface area contributed by atoms with Crippen molar-refractivity contribution in [1.29, 1.82) is 0 Å². The number of nitrogens with zero attached hydrogens (tertiary/aromatic N) is 4. The fourth-order valence-electron chi connectivity index (χ4n) is 3.24. The van der Waals surface area contributed by atoms with Gasteiger partial charge in [-0.2, -0.15) is 0 Å². The molecule has 0 radical (unpaired) electrons. The van der Waals surface area contributed by atoms with Gasteiger partial charge in [-0.15, -0.1) is 10.2 Å². The number of thioether (sulfide) groups is 1. The van der Waals surface area contributed by atoms with Gasteiger partial charge in [0.25, 0.3) is 0 Å². The summed E-state index contributed by atoms with van der Waals surface area (Å²) in [7, 11) is 2.04.